The molecule has 3 N–H and O–H groups in total. The van der Waals surface area contributed by atoms with Crippen molar-refractivity contribution in [3.8, 4) is 0 Å². The van der Waals surface area contributed by atoms with E-state index in [1.54, 1.807) is 7.05 Å². The van der Waals surface area contributed by atoms with Crippen LogP contribution < -0.4 is 16.0 Å². The maximum Gasteiger partial charge on any atom is 0.227 e. The summed E-state index contributed by atoms with van der Waals surface area (Å²) in [6.07, 6.45) is 5.37. The molecule has 1 unspecified atom stereocenters. The van der Waals surface area contributed by atoms with Crippen molar-refractivity contribution in [1.82, 2.24) is 10.6 Å². The molecule has 26 heavy (non-hydrogen) atoms. The van der Waals surface area contributed by atoms with Crippen molar-refractivity contribution in [1.29, 1.82) is 0 Å². The Morgan fingerprint density at radius 2 is 2.15 bits per heavy atom. The molecule has 1 atom stereocenters. The molecule has 1 saturated carbocycles. The van der Waals surface area contributed by atoms with Crippen molar-refractivity contribution < 1.29 is 9.53 Å². The SMILES string of the molecule is CN=C(NCc1cccc(NC(=O)C2CCC2)c1)NCC1(C)CCCO1. The molecule has 1 aromatic rings. The van der Waals surface area contributed by atoms with Gasteiger partial charge in [0.2, 0.25) is 5.91 Å². The van der Waals surface area contributed by atoms with Gasteiger partial charge in [-0.2, -0.15) is 0 Å². The number of hydrogen-bond donors (Lipinski definition) is 3. The molecule has 1 saturated heterocycles. The predicted molar refractivity (Wildman–Crippen MR) is 104 cm³/mol. The van der Waals surface area contributed by atoms with E-state index in [2.05, 4.69) is 27.9 Å². The van der Waals surface area contributed by atoms with E-state index in [-0.39, 0.29) is 17.4 Å². The Hall–Kier alpha value is -2.08. The molecule has 2 aliphatic rings. The third-order valence-corrected chi connectivity index (χ3v) is 5.28. The number of amides is 1. The monoisotopic (exact) mass is 358 g/mol. The second kappa shape index (κ2) is 8.54. The first-order valence-electron chi connectivity index (χ1n) is 9.56. The normalized spacial score (nSPS) is 23.4. The Morgan fingerprint density at radius 3 is 2.81 bits per heavy atom. The second-order valence-electron chi connectivity index (χ2n) is 7.50. The van der Waals surface area contributed by atoms with Gasteiger partial charge in [0.25, 0.3) is 0 Å². The average Bonchev–Trinajstić information content (AvgIpc) is 3.00. The average molecular weight is 358 g/mol. The number of anilines is 1. The van der Waals surface area contributed by atoms with Crippen LogP contribution in [0.4, 0.5) is 5.69 Å². The molecule has 1 amide bonds. The van der Waals surface area contributed by atoms with E-state index in [0.717, 1.165) is 62.5 Å². The lowest BCUT2D eigenvalue weighted by Crippen LogP contribution is -2.45. The number of nitrogens with zero attached hydrogens (tertiary/aromatic N) is 1. The van der Waals surface area contributed by atoms with Crippen LogP contribution in [0.15, 0.2) is 29.3 Å². The topological polar surface area (TPSA) is 74.8 Å². The minimum Gasteiger partial charge on any atom is -0.373 e. The fourth-order valence-corrected chi connectivity index (χ4v) is 3.33. The number of rotatable bonds is 6. The molecular weight excluding hydrogens is 328 g/mol. The highest BCUT2D eigenvalue weighted by Crippen LogP contribution is 2.27. The number of carbonyl (C=O) groups is 1. The van der Waals surface area contributed by atoms with Crippen LogP contribution in [-0.2, 0) is 16.1 Å². The van der Waals surface area contributed by atoms with Gasteiger partial charge in [-0.05, 0) is 50.3 Å². The second-order valence-corrected chi connectivity index (χ2v) is 7.50. The highest BCUT2D eigenvalue weighted by atomic mass is 16.5. The van der Waals surface area contributed by atoms with Crippen LogP contribution in [0.1, 0.15) is 44.6 Å². The first kappa shape index (κ1) is 18.7. The lowest BCUT2D eigenvalue weighted by Gasteiger charge is -2.25. The molecule has 142 valence electrons. The molecule has 1 heterocycles. The zero-order valence-corrected chi connectivity index (χ0v) is 15.8. The van der Waals surface area contributed by atoms with Crippen molar-refractivity contribution in [3.05, 3.63) is 29.8 Å². The summed E-state index contributed by atoms with van der Waals surface area (Å²) < 4.78 is 5.80. The van der Waals surface area contributed by atoms with Crippen LogP contribution >= 0.6 is 0 Å². The number of benzene rings is 1. The van der Waals surface area contributed by atoms with E-state index < -0.39 is 0 Å². The maximum atomic E-state index is 12.1. The lowest BCUT2D eigenvalue weighted by atomic mass is 9.85. The number of nitrogens with one attached hydrogen (secondary N) is 3. The Morgan fingerprint density at radius 1 is 1.31 bits per heavy atom. The minimum atomic E-state index is -0.108. The van der Waals surface area contributed by atoms with Crippen LogP contribution in [0, 0.1) is 5.92 Å². The zero-order valence-electron chi connectivity index (χ0n) is 15.8. The van der Waals surface area contributed by atoms with Gasteiger partial charge in [-0.3, -0.25) is 9.79 Å². The summed E-state index contributed by atoms with van der Waals surface area (Å²) in [4.78, 5) is 16.4. The fraction of sp³-hybridized carbons (Fsp3) is 0.600. The fourth-order valence-electron chi connectivity index (χ4n) is 3.33. The first-order chi connectivity index (χ1) is 12.6. The highest BCUT2D eigenvalue weighted by Gasteiger charge is 2.29. The molecule has 0 aromatic heterocycles. The van der Waals surface area contributed by atoms with Crippen LogP contribution in [0.25, 0.3) is 0 Å². The Balaban J connectivity index is 1.48. The van der Waals surface area contributed by atoms with Gasteiger partial charge in [-0.25, -0.2) is 0 Å². The van der Waals surface area contributed by atoms with Crippen LogP contribution in [0.5, 0.6) is 0 Å². The lowest BCUT2D eigenvalue weighted by molar-refractivity contribution is -0.122. The highest BCUT2D eigenvalue weighted by molar-refractivity contribution is 5.93. The molecule has 0 spiro atoms. The number of carbonyl (C=O) groups excluding carboxylic acids is 1. The maximum absolute atomic E-state index is 12.1. The number of guanidine groups is 1. The van der Waals surface area contributed by atoms with Crippen LogP contribution in [0.2, 0.25) is 0 Å². The molecule has 2 fully saturated rings. The third kappa shape index (κ3) is 4.97. The van der Waals surface area contributed by atoms with Crippen molar-refractivity contribution in [2.75, 3.05) is 25.5 Å². The number of aliphatic imine (C=N–C) groups is 1. The molecule has 6 heteroatoms. The summed E-state index contributed by atoms with van der Waals surface area (Å²) in [6, 6.07) is 7.96. The predicted octanol–water partition coefficient (Wildman–Crippen LogP) is 2.66. The van der Waals surface area contributed by atoms with Crippen LogP contribution in [0.3, 0.4) is 0 Å². The van der Waals surface area contributed by atoms with Gasteiger partial charge < -0.3 is 20.7 Å². The summed E-state index contributed by atoms with van der Waals surface area (Å²) in [7, 11) is 1.77. The van der Waals surface area contributed by atoms with Crippen molar-refractivity contribution in [3.63, 3.8) is 0 Å². The minimum absolute atomic E-state index is 0.108. The molecule has 1 aliphatic carbocycles. The molecule has 1 aliphatic heterocycles. The largest absolute Gasteiger partial charge is 0.373 e. The van der Waals surface area contributed by atoms with Gasteiger partial charge in [0.15, 0.2) is 5.96 Å². The van der Waals surface area contributed by atoms with Gasteiger partial charge in [0.1, 0.15) is 0 Å². The molecule has 3 rings (SSSR count). The Kier molecular flexibility index (Phi) is 6.14. The standard InChI is InChI=1S/C20H30N4O2/c1-20(10-5-11-26-20)14-23-19(21-2)22-13-15-6-3-9-17(12-15)24-18(25)16-7-4-8-16/h3,6,9,12,16H,4-5,7-8,10-11,13-14H2,1-2H3,(H,24,25)(H2,21,22,23). The summed E-state index contributed by atoms with van der Waals surface area (Å²) in [5.41, 5.74) is 1.85. The van der Waals surface area contributed by atoms with Crippen LogP contribution in [-0.4, -0.2) is 37.7 Å². The van der Waals surface area contributed by atoms with Gasteiger partial charge in [-0.15, -0.1) is 0 Å². The number of ether oxygens (including phenoxy) is 1. The van der Waals surface area contributed by atoms with E-state index in [0.29, 0.717) is 6.54 Å². The van der Waals surface area contributed by atoms with Gasteiger partial charge in [0.05, 0.1) is 5.60 Å². The summed E-state index contributed by atoms with van der Waals surface area (Å²) in [6.45, 7) is 4.35. The van der Waals surface area contributed by atoms with E-state index in [9.17, 15) is 4.79 Å². The third-order valence-electron chi connectivity index (χ3n) is 5.28. The molecular formula is C20H30N4O2. The van der Waals surface area contributed by atoms with E-state index in [1.165, 1.54) is 0 Å². The number of hydrogen-bond acceptors (Lipinski definition) is 3. The smallest absolute Gasteiger partial charge is 0.227 e. The van der Waals surface area contributed by atoms with E-state index >= 15 is 0 Å². The van der Waals surface area contributed by atoms with E-state index in [4.69, 9.17) is 4.74 Å². The summed E-state index contributed by atoms with van der Waals surface area (Å²) in [5.74, 6) is 1.09. The first-order valence-corrected chi connectivity index (χ1v) is 9.56. The quantitative estimate of drug-likeness (QED) is 0.540. The Bertz CT molecular complexity index is 649. The van der Waals surface area contributed by atoms with Gasteiger partial charge in [0, 0.05) is 38.3 Å². The van der Waals surface area contributed by atoms with Crippen molar-refractivity contribution in [2.24, 2.45) is 10.9 Å². The molecule has 0 bridgehead atoms. The summed E-state index contributed by atoms with van der Waals surface area (Å²) in [5, 5.41) is 9.69. The zero-order chi connectivity index (χ0) is 18.4. The van der Waals surface area contributed by atoms with Gasteiger partial charge >= 0.3 is 0 Å². The molecule has 6 nitrogen and oxygen atoms in total. The molecule has 1 aromatic carbocycles. The van der Waals surface area contributed by atoms with Crippen molar-refractivity contribution in [2.45, 2.75) is 51.2 Å². The Labute approximate surface area is 155 Å². The van der Waals surface area contributed by atoms with E-state index in [1.807, 2.05) is 24.3 Å². The van der Waals surface area contributed by atoms with Crippen molar-refractivity contribution >= 4 is 17.6 Å². The van der Waals surface area contributed by atoms with Gasteiger partial charge in [-0.1, -0.05) is 18.6 Å². The summed E-state index contributed by atoms with van der Waals surface area (Å²) >= 11 is 0. The molecule has 0 radical (unpaired) electrons.